The number of nitrogens with zero attached hydrogens (tertiary/aromatic N) is 4. The van der Waals surface area contributed by atoms with Crippen molar-refractivity contribution in [3.63, 3.8) is 0 Å². The molecule has 0 fully saturated rings. The van der Waals surface area contributed by atoms with Crippen molar-refractivity contribution in [1.29, 1.82) is 0 Å². The van der Waals surface area contributed by atoms with Crippen molar-refractivity contribution in [2.75, 3.05) is 0 Å². The number of rotatable bonds is 4. The highest BCUT2D eigenvalue weighted by atomic mass is 16.4. The summed E-state index contributed by atoms with van der Waals surface area (Å²) < 4.78 is 2.96. The first-order chi connectivity index (χ1) is 8.61. The van der Waals surface area contributed by atoms with Gasteiger partial charge in [0.25, 0.3) is 5.56 Å². The van der Waals surface area contributed by atoms with Crippen molar-refractivity contribution in [2.45, 2.75) is 20.0 Å². The fourth-order valence-electron chi connectivity index (χ4n) is 1.59. The first-order valence-corrected chi connectivity index (χ1v) is 5.43. The quantitative estimate of drug-likeness (QED) is 0.835. The molecule has 0 amide bonds. The molecule has 2 heterocycles. The van der Waals surface area contributed by atoms with Crippen LogP contribution in [0.1, 0.15) is 23.2 Å². The SMILES string of the molecule is CCn1ccnc1Cn1nc(C(=O)O)ccc1=O. The first-order valence-electron chi connectivity index (χ1n) is 5.43. The maximum atomic E-state index is 11.6. The summed E-state index contributed by atoms with van der Waals surface area (Å²) >= 11 is 0. The number of aryl methyl sites for hydroxylation is 1. The minimum absolute atomic E-state index is 0.154. The van der Waals surface area contributed by atoms with Crippen molar-refractivity contribution in [3.05, 3.63) is 46.4 Å². The number of aromatic carboxylic acids is 1. The van der Waals surface area contributed by atoms with Gasteiger partial charge in [0.05, 0.1) is 0 Å². The highest BCUT2D eigenvalue weighted by Gasteiger charge is 2.09. The van der Waals surface area contributed by atoms with Crippen molar-refractivity contribution in [1.82, 2.24) is 19.3 Å². The van der Waals surface area contributed by atoms with Crippen molar-refractivity contribution in [2.24, 2.45) is 0 Å². The van der Waals surface area contributed by atoms with E-state index in [0.29, 0.717) is 5.82 Å². The number of imidazole rings is 1. The zero-order chi connectivity index (χ0) is 13.1. The number of carboxylic acid groups (broad SMARTS) is 1. The van der Waals surface area contributed by atoms with Gasteiger partial charge < -0.3 is 9.67 Å². The van der Waals surface area contributed by atoms with Crippen LogP contribution in [0.4, 0.5) is 0 Å². The van der Waals surface area contributed by atoms with Crippen LogP contribution in [0.3, 0.4) is 0 Å². The fraction of sp³-hybridized carbons (Fsp3) is 0.273. The van der Waals surface area contributed by atoms with E-state index in [1.165, 1.54) is 12.1 Å². The van der Waals surface area contributed by atoms with Crippen LogP contribution >= 0.6 is 0 Å². The molecule has 18 heavy (non-hydrogen) atoms. The summed E-state index contributed by atoms with van der Waals surface area (Å²) in [6.07, 6.45) is 3.42. The number of carbonyl (C=O) groups is 1. The van der Waals surface area contributed by atoms with Gasteiger partial charge in [-0.1, -0.05) is 0 Å². The topological polar surface area (TPSA) is 90.0 Å². The van der Waals surface area contributed by atoms with E-state index in [2.05, 4.69) is 10.1 Å². The zero-order valence-electron chi connectivity index (χ0n) is 9.78. The molecule has 0 aliphatic carbocycles. The van der Waals surface area contributed by atoms with Gasteiger partial charge in [0, 0.05) is 25.0 Å². The molecule has 7 heteroatoms. The highest BCUT2D eigenvalue weighted by molar-refractivity contribution is 5.84. The first kappa shape index (κ1) is 12.0. The Hall–Kier alpha value is -2.44. The lowest BCUT2D eigenvalue weighted by molar-refractivity contribution is 0.0687. The Morgan fingerprint density at radius 2 is 2.22 bits per heavy atom. The van der Waals surface area contributed by atoms with Crippen LogP contribution in [0.25, 0.3) is 0 Å². The molecule has 0 aliphatic rings. The van der Waals surface area contributed by atoms with Crippen LogP contribution < -0.4 is 5.56 Å². The molecule has 2 aromatic heterocycles. The van der Waals surface area contributed by atoms with E-state index in [-0.39, 0.29) is 17.8 Å². The highest BCUT2D eigenvalue weighted by Crippen LogP contribution is 1.99. The Morgan fingerprint density at radius 1 is 1.44 bits per heavy atom. The van der Waals surface area contributed by atoms with Crippen molar-refractivity contribution >= 4 is 5.97 Å². The molecule has 0 spiro atoms. The number of carboxylic acids is 1. The van der Waals surface area contributed by atoms with Gasteiger partial charge in [0.15, 0.2) is 5.69 Å². The Labute approximate surface area is 102 Å². The maximum absolute atomic E-state index is 11.6. The summed E-state index contributed by atoms with van der Waals surface area (Å²) in [5, 5.41) is 12.6. The van der Waals surface area contributed by atoms with Crippen LogP contribution in [-0.4, -0.2) is 30.4 Å². The third kappa shape index (κ3) is 2.29. The predicted molar refractivity (Wildman–Crippen MR) is 62.5 cm³/mol. The largest absolute Gasteiger partial charge is 0.476 e. The molecule has 2 rings (SSSR count). The minimum Gasteiger partial charge on any atom is -0.476 e. The standard InChI is InChI=1S/C11H12N4O3/c1-2-14-6-5-12-9(14)7-15-10(16)4-3-8(13-15)11(17)18/h3-6H,2,7H2,1H3,(H,17,18). The Morgan fingerprint density at radius 3 is 2.89 bits per heavy atom. The molecule has 2 aromatic rings. The lowest BCUT2D eigenvalue weighted by Gasteiger charge is -2.06. The van der Waals surface area contributed by atoms with Crippen LogP contribution in [0.15, 0.2) is 29.3 Å². The van der Waals surface area contributed by atoms with E-state index < -0.39 is 5.97 Å². The van der Waals surface area contributed by atoms with Crippen molar-refractivity contribution < 1.29 is 9.90 Å². The molecule has 0 radical (unpaired) electrons. The normalized spacial score (nSPS) is 10.5. The molecular formula is C11H12N4O3. The third-order valence-corrected chi connectivity index (χ3v) is 2.52. The minimum atomic E-state index is -1.16. The summed E-state index contributed by atoms with van der Waals surface area (Å²) in [7, 11) is 0. The van der Waals surface area contributed by atoms with Crippen LogP contribution in [0, 0.1) is 0 Å². The molecule has 7 nitrogen and oxygen atoms in total. The molecule has 0 saturated carbocycles. The van der Waals surface area contributed by atoms with Crippen LogP contribution in [-0.2, 0) is 13.1 Å². The van der Waals surface area contributed by atoms with Gasteiger partial charge in [0.1, 0.15) is 12.4 Å². The maximum Gasteiger partial charge on any atom is 0.356 e. The average molecular weight is 248 g/mol. The van der Waals surface area contributed by atoms with Gasteiger partial charge in [0.2, 0.25) is 0 Å². The monoisotopic (exact) mass is 248 g/mol. The van der Waals surface area contributed by atoms with Gasteiger partial charge in [-0.3, -0.25) is 4.79 Å². The molecule has 0 aromatic carbocycles. The van der Waals surface area contributed by atoms with E-state index in [9.17, 15) is 9.59 Å². The second kappa shape index (κ2) is 4.82. The van der Waals surface area contributed by atoms with E-state index in [1.807, 2.05) is 11.5 Å². The third-order valence-electron chi connectivity index (χ3n) is 2.52. The van der Waals surface area contributed by atoms with Gasteiger partial charge in [-0.2, -0.15) is 5.10 Å². The van der Waals surface area contributed by atoms with E-state index >= 15 is 0 Å². The van der Waals surface area contributed by atoms with Crippen molar-refractivity contribution in [3.8, 4) is 0 Å². The smallest absolute Gasteiger partial charge is 0.356 e. The molecule has 0 atom stereocenters. The number of aromatic nitrogens is 4. The molecule has 0 unspecified atom stereocenters. The molecule has 0 saturated heterocycles. The lowest BCUT2D eigenvalue weighted by Crippen LogP contribution is -2.26. The van der Waals surface area contributed by atoms with Gasteiger partial charge in [-0.15, -0.1) is 0 Å². The molecule has 0 bridgehead atoms. The molecular weight excluding hydrogens is 236 g/mol. The second-order valence-electron chi connectivity index (χ2n) is 3.65. The summed E-state index contributed by atoms with van der Waals surface area (Å²) in [5.41, 5.74) is -0.519. The fourth-order valence-corrected chi connectivity index (χ4v) is 1.59. The molecule has 0 aliphatic heterocycles. The predicted octanol–water partition coefficient (Wildman–Crippen LogP) is 0.206. The van der Waals surface area contributed by atoms with Crippen LogP contribution in [0.5, 0.6) is 0 Å². The zero-order valence-corrected chi connectivity index (χ0v) is 9.78. The van der Waals surface area contributed by atoms with E-state index in [1.54, 1.807) is 12.4 Å². The van der Waals surface area contributed by atoms with Gasteiger partial charge in [-0.05, 0) is 13.0 Å². The Kier molecular flexibility index (Phi) is 3.22. The Balaban J connectivity index is 2.37. The number of hydrogen-bond donors (Lipinski definition) is 1. The van der Waals surface area contributed by atoms with Gasteiger partial charge >= 0.3 is 5.97 Å². The molecule has 1 N–H and O–H groups in total. The summed E-state index contributed by atoms with van der Waals surface area (Å²) in [6, 6.07) is 2.38. The summed E-state index contributed by atoms with van der Waals surface area (Å²) in [6.45, 7) is 2.83. The lowest BCUT2D eigenvalue weighted by atomic mass is 10.4. The number of hydrogen-bond acceptors (Lipinski definition) is 4. The molecule has 94 valence electrons. The second-order valence-corrected chi connectivity index (χ2v) is 3.65. The van der Waals surface area contributed by atoms with Crippen LogP contribution in [0.2, 0.25) is 0 Å². The summed E-state index contributed by atoms with van der Waals surface area (Å²) in [5.74, 6) is -0.503. The van der Waals surface area contributed by atoms with Gasteiger partial charge in [-0.25, -0.2) is 14.5 Å². The average Bonchev–Trinajstić information content (AvgIpc) is 2.79. The summed E-state index contributed by atoms with van der Waals surface area (Å²) in [4.78, 5) is 26.5. The Bertz CT molecular complexity index is 629. The van der Waals surface area contributed by atoms with E-state index in [4.69, 9.17) is 5.11 Å². The van der Waals surface area contributed by atoms with E-state index in [0.717, 1.165) is 11.2 Å².